The zero-order valence-electron chi connectivity index (χ0n) is 15.7. The fourth-order valence-corrected chi connectivity index (χ4v) is 4.18. The van der Waals surface area contributed by atoms with Gasteiger partial charge >= 0.3 is 0 Å². The molecule has 0 unspecified atom stereocenters. The number of hydrogen-bond donors (Lipinski definition) is 1. The largest absolute Gasteiger partial charge is 0.371 e. The van der Waals surface area contributed by atoms with Crippen molar-refractivity contribution in [1.82, 2.24) is 0 Å². The average molecular weight is 421 g/mol. The van der Waals surface area contributed by atoms with E-state index in [1.165, 1.54) is 42.5 Å². The van der Waals surface area contributed by atoms with E-state index in [1.54, 1.807) is 0 Å². The van der Waals surface area contributed by atoms with Gasteiger partial charge in [0.1, 0.15) is 10.7 Å². The first-order valence-corrected chi connectivity index (χ1v) is 10.8. The molecular formula is C19H20FN3O5S. The molecule has 3 rings (SSSR count). The number of nitro groups is 1. The number of sulfone groups is 1. The Labute approximate surface area is 167 Å². The molecule has 0 spiro atoms. The molecule has 1 heterocycles. The van der Waals surface area contributed by atoms with Gasteiger partial charge in [-0.05, 0) is 49.2 Å². The number of carbonyl (C=O) groups excluding carboxylic acids is 1. The highest BCUT2D eigenvalue weighted by atomic mass is 32.2. The van der Waals surface area contributed by atoms with Crippen LogP contribution >= 0.6 is 0 Å². The number of nitrogens with zero attached hydrogens (tertiary/aromatic N) is 2. The number of amides is 1. The van der Waals surface area contributed by atoms with Crippen LogP contribution in [0.4, 0.5) is 21.5 Å². The van der Waals surface area contributed by atoms with Gasteiger partial charge < -0.3 is 10.2 Å². The van der Waals surface area contributed by atoms with Crippen molar-refractivity contribution in [3.05, 3.63) is 58.4 Å². The van der Waals surface area contributed by atoms with E-state index in [-0.39, 0.29) is 22.5 Å². The normalized spacial score (nSPS) is 15.2. The zero-order valence-corrected chi connectivity index (χ0v) is 16.5. The molecule has 1 fully saturated rings. The maximum absolute atomic E-state index is 13.0. The molecule has 2 aromatic rings. The summed E-state index contributed by atoms with van der Waals surface area (Å²) in [6.45, 7) is 1.00. The van der Waals surface area contributed by atoms with E-state index in [1.807, 2.05) is 4.90 Å². The Morgan fingerprint density at radius 3 is 2.34 bits per heavy atom. The van der Waals surface area contributed by atoms with Crippen LogP contribution in [-0.2, 0) is 14.6 Å². The van der Waals surface area contributed by atoms with Crippen molar-refractivity contribution < 1.29 is 22.5 Å². The second-order valence-electron chi connectivity index (χ2n) is 6.94. The van der Waals surface area contributed by atoms with Crippen LogP contribution in [-0.4, -0.2) is 38.6 Å². The lowest BCUT2D eigenvalue weighted by Gasteiger charge is -2.33. The van der Waals surface area contributed by atoms with Crippen molar-refractivity contribution in [2.24, 2.45) is 5.92 Å². The summed E-state index contributed by atoms with van der Waals surface area (Å²) in [6.07, 6.45) is 2.02. The van der Waals surface area contributed by atoms with Gasteiger partial charge in [-0.1, -0.05) is 0 Å². The molecule has 29 heavy (non-hydrogen) atoms. The molecule has 2 aromatic carbocycles. The monoisotopic (exact) mass is 421 g/mol. The molecule has 0 aliphatic carbocycles. The minimum absolute atomic E-state index is 0.156. The predicted octanol–water partition coefficient (Wildman–Crippen LogP) is 2.99. The molecule has 10 heteroatoms. The number of hydrogen-bond acceptors (Lipinski definition) is 6. The van der Waals surface area contributed by atoms with Gasteiger partial charge in [0.15, 0.2) is 9.84 Å². The van der Waals surface area contributed by atoms with Gasteiger partial charge in [0, 0.05) is 42.7 Å². The third kappa shape index (κ3) is 4.89. The summed E-state index contributed by atoms with van der Waals surface area (Å²) in [5.74, 6) is -0.770. The molecule has 0 atom stereocenters. The number of nitrogens with one attached hydrogen (secondary N) is 1. The van der Waals surface area contributed by atoms with Gasteiger partial charge in [-0.3, -0.25) is 14.9 Å². The fourth-order valence-electron chi connectivity index (χ4n) is 3.32. The number of benzene rings is 2. The molecular weight excluding hydrogens is 401 g/mol. The molecule has 0 saturated carbocycles. The first-order valence-electron chi connectivity index (χ1n) is 8.95. The van der Waals surface area contributed by atoms with Crippen molar-refractivity contribution in [1.29, 1.82) is 0 Å². The Hall–Kier alpha value is -3.01. The average Bonchev–Trinajstić information content (AvgIpc) is 2.68. The Morgan fingerprint density at radius 1 is 1.17 bits per heavy atom. The minimum Gasteiger partial charge on any atom is -0.371 e. The van der Waals surface area contributed by atoms with E-state index in [9.17, 15) is 27.7 Å². The number of anilines is 2. The maximum Gasteiger partial charge on any atom is 0.288 e. The lowest BCUT2D eigenvalue weighted by molar-refractivity contribution is -0.387. The van der Waals surface area contributed by atoms with Gasteiger partial charge in [-0.15, -0.1) is 0 Å². The van der Waals surface area contributed by atoms with Crippen molar-refractivity contribution in [3.8, 4) is 0 Å². The van der Waals surface area contributed by atoms with Crippen LogP contribution in [0.5, 0.6) is 0 Å². The fraction of sp³-hybridized carbons (Fsp3) is 0.316. The topological polar surface area (TPSA) is 110 Å². The summed E-state index contributed by atoms with van der Waals surface area (Å²) >= 11 is 0. The van der Waals surface area contributed by atoms with E-state index < -0.39 is 20.4 Å². The van der Waals surface area contributed by atoms with Crippen LogP contribution in [0.15, 0.2) is 47.4 Å². The number of carbonyl (C=O) groups is 1. The molecule has 154 valence electrons. The maximum atomic E-state index is 13.0. The summed E-state index contributed by atoms with van der Waals surface area (Å²) in [6, 6.07) is 9.55. The van der Waals surface area contributed by atoms with Gasteiger partial charge in [0.05, 0.1) is 4.92 Å². The zero-order chi connectivity index (χ0) is 21.2. The van der Waals surface area contributed by atoms with Crippen molar-refractivity contribution in [3.63, 3.8) is 0 Å². The van der Waals surface area contributed by atoms with Crippen LogP contribution in [0.25, 0.3) is 0 Å². The molecule has 8 nitrogen and oxygen atoms in total. The summed E-state index contributed by atoms with van der Waals surface area (Å²) in [7, 11) is -3.76. The smallest absolute Gasteiger partial charge is 0.288 e. The van der Waals surface area contributed by atoms with Crippen LogP contribution < -0.4 is 10.2 Å². The van der Waals surface area contributed by atoms with E-state index in [2.05, 4.69) is 5.32 Å². The Morgan fingerprint density at radius 2 is 1.79 bits per heavy atom. The van der Waals surface area contributed by atoms with E-state index in [0.717, 1.165) is 6.26 Å². The summed E-state index contributed by atoms with van der Waals surface area (Å²) in [5, 5.41) is 13.9. The lowest BCUT2D eigenvalue weighted by atomic mass is 9.95. The van der Waals surface area contributed by atoms with E-state index >= 15 is 0 Å². The standard InChI is InChI=1S/C19H20FN3O5S/c1-29(27,28)18-12-16(6-7-17(18)23(25)26)22-10-8-13(9-11-22)19(24)21-15-4-2-14(20)3-5-15/h2-7,12-13H,8-11H2,1H3,(H,21,24). The van der Waals surface area contributed by atoms with Gasteiger partial charge in [-0.25, -0.2) is 12.8 Å². The predicted molar refractivity (Wildman–Crippen MR) is 106 cm³/mol. The molecule has 0 aromatic heterocycles. The molecule has 0 bridgehead atoms. The Bertz CT molecular complexity index is 1030. The van der Waals surface area contributed by atoms with Gasteiger partial charge in [0.25, 0.3) is 5.69 Å². The van der Waals surface area contributed by atoms with Crippen LogP contribution in [0.1, 0.15) is 12.8 Å². The third-order valence-corrected chi connectivity index (χ3v) is 6.01. The van der Waals surface area contributed by atoms with Crippen LogP contribution in [0.3, 0.4) is 0 Å². The lowest BCUT2D eigenvalue weighted by Crippen LogP contribution is -2.38. The highest BCUT2D eigenvalue weighted by Crippen LogP contribution is 2.31. The summed E-state index contributed by atoms with van der Waals surface area (Å²) in [5.41, 5.74) is 0.630. The molecule has 1 aliphatic heterocycles. The minimum atomic E-state index is -3.76. The van der Waals surface area contributed by atoms with Crippen molar-refractivity contribution in [2.75, 3.05) is 29.6 Å². The van der Waals surface area contributed by atoms with E-state index in [0.29, 0.717) is 37.3 Å². The molecule has 1 amide bonds. The SMILES string of the molecule is CS(=O)(=O)c1cc(N2CCC(C(=O)Nc3ccc(F)cc3)CC2)ccc1[N+](=O)[O-]. The molecule has 1 N–H and O–H groups in total. The third-order valence-electron chi connectivity index (χ3n) is 4.88. The summed E-state index contributed by atoms with van der Waals surface area (Å²) < 4.78 is 36.8. The highest BCUT2D eigenvalue weighted by Gasteiger charge is 2.28. The second-order valence-corrected chi connectivity index (χ2v) is 8.92. The van der Waals surface area contributed by atoms with Gasteiger partial charge in [0.2, 0.25) is 5.91 Å². The first kappa shape index (κ1) is 20.7. The Kier molecular flexibility index (Phi) is 5.83. The number of nitro benzene ring substituents is 1. The Balaban J connectivity index is 1.68. The highest BCUT2D eigenvalue weighted by molar-refractivity contribution is 7.90. The van der Waals surface area contributed by atoms with Gasteiger partial charge in [-0.2, -0.15) is 0 Å². The number of piperidine rings is 1. The quantitative estimate of drug-likeness (QED) is 0.587. The number of rotatable bonds is 5. The van der Waals surface area contributed by atoms with Crippen molar-refractivity contribution in [2.45, 2.75) is 17.7 Å². The van der Waals surface area contributed by atoms with E-state index in [4.69, 9.17) is 0 Å². The molecule has 0 radical (unpaired) electrons. The van der Waals surface area contributed by atoms with Crippen LogP contribution in [0.2, 0.25) is 0 Å². The first-order chi connectivity index (χ1) is 13.6. The molecule has 1 saturated heterocycles. The summed E-state index contributed by atoms with van der Waals surface area (Å²) in [4.78, 5) is 24.4. The van der Waals surface area contributed by atoms with Crippen molar-refractivity contribution >= 4 is 32.8 Å². The van der Waals surface area contributed by atoms with Crippen LogP contribution in [0, 0.1) is 21.8 Å². The molecule has 1 aliphatic rings. The number of halogens is 1. The second kappa shape index (κ2) is 8.16.